The lowest BCUT2D eigenvalue weighted by atomic mass is 9.93. The number of benzene rings is 1. The van der Waals surface area contributed by atoms with Gasteiger partial charge in [-0.1, -0.05) is 19.9 Å². The van der Waals surface area contributed by atoms with Gasteiger partial charge in [-0.2, -0.15) is 0 Å². The van der Waals surface area contributed by atoms with Crippen molar-refractivity contribution < 1.29 is 14.2 Å². The van der Waals surface area contributed by atoms with E-state index in [1.807, 2.05) is 13.1 Å². The summed E-state index contributed by atoms with van der Waals surface area (Å²) in [6, 6.07) is 6.28. The number of hydrogen-bond acceptors (Lipinski definition) is 4. The first-order valence-electron chi connectivity index (χ1n) is 7.27. The van der Waals surface area contributed by atoms with Crippen LogP contribution in [-0.2, 0) is 4.74 Å². The van der Waals surface area contributed by atoms with Crippen molar-refractivity contribution in [2.75, 3.05) is 27.4 Å². The fourth-order valence-corrected chi connectivity index (χ4v) is 2.69. The third-order valence-electron chi connectivity index (χ3n) is 3.70. The zero-order valence-corrected chi connectivity index (χ0v) is 12.8. The number of rotatable bonds is 5. The molecular weight excluding hydrogens is 254 g/mol. The topological polar surface area (TPSA) is 39.7 Å². The van der Waals surface area contributed by atoms with E-state index in [0.717, 1.165) is 23.5 Å². The molecule has 1 aromatic rings. The molecule has 1 aromatic carbocycles. The van der Waals surface area contributed by atoms with Gasteiger partial charge in [-0.3, -0.25) is 0 Å². The van der Waals surface area contributed by atoms with Gasteiger partial charge in [-0.05, 0) is 30.7 Å². The van der Waals surface area contributed by atoms with Gasteiger partial charge in [0.05, 0.1) is 25.4 Å². The number of nitrogens with one attached hydrogen (secondary N) is 1. The predicted molar refractivity (Wildman–Crippen MR) is 79.5 cm³/mol. The Morgan fingerprint density at radius 2 is 1.85 bits per heavy atom. The molecule has 0 bridgehead atoms. The maximum absolute atomic E-state index is 5.76. The fraction of sp³-hybridized carbons (Fsp3) is 0.625. The summed E-state index contributed by atoms with van der Waals surface area (Å²) in [6.07, 6.45) is 1.04. The van der Waals surface area contributed by atoms with Gasteiger partial charge in [0.2, 0.25) is 0 Å². The minimum Gasteiger partial charge on any atom is -0.490 e. The molecular formula is C16H25NO3. The van der Waals surface area contributed by atoms with E-state index < -0.39 is 0 Å². The molecule has 0 spiro atoms. The van der Waals surface area contributed by atoms with Crippen molar-refractivity contribution in [1.82, 2.24) is 5.32 Å². The molecule has 1 N–H and O–H groups in total. The molecule has 0 radical (unpaired) electrons. The van der Waals surface area contributed by atoms with E-state index in [1.54, 1.807) is 7.11 Å². The van der Waals surface area contributed by atoms with E-state index in [4.69, 9.17) is 14.2 Å². The Morgan fingerprint density at radius 3 is 2.45 bits per heavy atom. The van der Waals surface area contributed by atoms with Crippen LogP contribution in [0.5, 0.6) is 11.5 Å². The zero-order valence-electron chi connectivity index (χ0n) is 12.8. The molecule has 1 heterocycles. The Kier molecular flexibility index (Phi) is 5.26. The average Bonchev–Trinajstić information content (AvgIpc) is 2.68. The van der Waals surface area contributed by atoms with Crippen LogP contribution in [0.2, 0.25) is 0 Å². The molecule has 20 heavy (non-hydrogen) atoms. The largest absolute Gasteiger partial charge is 0.490 e. The van der Waals surface area contributed by atoms with E-state index in [9.17, 15) is 0 Å². The molecule has 1 aliphatic heterocycles. The first-order chi connectivity index (χ1) is 9.67. The summed E-state index contributed by atoms with van der Waals surface area (Å²) in [5, 5.41) is 3.35. The monoisotopic (exact) mass is 279 g/mol. The normalized spacial score (nSPS) is 17.6. The van der Waals surface area contributed by atoms with E-state index >= 15 is 0 Å². The van der Waals surface area contributed by atoms with E-state index in [1.165, 1.54) is 0 Å². The standard InChI is InChI=1S/C16H25NO3/c1-11(2)16(18-4)15(17-3)12-6-7-13-14(10-12)20-9-5-8-19-13/h6-7,10-11,15-17H,5,8-9H2,1-4H3. The lowest BCUT2D eigenvalue weighted by molar-refractivity contribution is 0.0347. The Bertz CT molecular complexity index is 434. The second kappa shape index (κ2) is 6.95. The van der Waals surface area contributed by atoms with Crippen LogP contribution >= 0.6 is 0 Å². The molecule has 2 rings (SSSR count). The van der Waals surface area contributed by atoms with Crippen molar-refractivity contribution in [3.8, 4) is 11.5 Å². The second-order valence-corrected chi connectivity index (χ2v) is 5.47. The van der Waals surface area contributed by atoms with Gasteiger partial charge in [0.15, 0.2) is 11.5 Å². The van der Waals surface area contributed by atoms with Crippen LogP contribution in [0.3, 0.4) is 0 Å². The minimum absolute atomic E-state index is 0.116. The highest BCUT2D eigenvalue weighted by atomic mass is 16.5. The Hall–Kier alpha value is -1.26. The molecule has 0 amide bonds. The molecule has 4 heteroatoms. The summed E-state index contributed by atoms with van der Waals surface area (Å²) >= 11 is 0. The first-order valence-corrected chi connectivity index (χ1v) is 7.27. The van der Waals surface area contributed by atoms with Crippen molar-refractivity contribution in [3.05, 3.63) is 23.8 Å². The quantitative estimate of drug-likeness (QED) is 0.899. The number of ether oxygens (including phenoxy) is 3. The van der Waals surface area contributed by atoms with E-state index in [-0.39, 0.29) is 12.1 Å². The van der Waals surface area contributed by atoms with Crippen LogP contribution in [0.1, 0.15) is 31.9 Å². The zero-order chi connectivity index (χ0) is 14.5. The van der Waals surface area contributed by atoms with Gasteiger partial charge in [0, 0.05) is 13.5 Å². The van der Waals surface area contributed by atoms with Crippen molar-refractivity contribution in [1.29, 1.82) is 0 Å². The van der Waals surface area contributed by atoms with E-state index in [2.05, 4.69) is 31.3 Å². The number of likely N-dealkylation sites (N-methyl/N-ethyl adjacent to an activating group) is 1. The van der Waals surface area contributed by atoms with Crippen molar-refractivity contribution >= 4 is 0 Å². The third kappa shape index (κ3) is 3.25. The summed E-state index contributed by atoms with van der Waals surface area (Å²) in [5.41, 5.74) is 1.16. The summed E-state index contributed by atoms with van der Waals surface area (Å²) in [5.74, 6) is 2.09. The molecule has 0 aromatic heterocycles. The molecule has 2 atom stereocenters. The van der Waals surface area contributed by atoms with Crippen molar-refractivity contribution in [2.45, 2.75) is 32.4 Å². The van der Waals surface area contributed by atoms with Crippen LogP contribution < -0.4 is 14.8 Å². The van der Waals surface area contributed by atoms with Crippen LogP contribution in [0, 0.1) is 5.92 Å². The fourth-order valence-electron chi connectivity index (χ4n) is 2.69. The second-order valence-electron chi connectivity index (χ2n) is 5.47. The predicted octanol–water partition coefficient (Wildman–Crippen LogP) is 2.78. The summed E-state index contributed by atoms with van der Waals surface area (Å²) in [4.78, 5) is 0. The van der Waals surface area contributed by atoms with Crippen molar-refractivity contribution in [2.24, 2.45) is 5.92 Å². The van der Waals surface area contributed by atoms with Gasteiger partial charge < -0.3 is 19.5 Å². The first kappa shape index (κ1) is 15.1. The molecule has 0 fully saturated rings. The maximum atomic E-state index is 5.76. The molecule has 112 valence electrons. The van der Waals surface area contributed by atoms with Gasteiger partial charge >= 0.3 is 0 Å². The summed E-state index contributed by atoms with van der Waals surface area (Å²) in [7, 11) is 3.72. The van der Waals surface area contributed by atoms with Crippen molar-refractivity contribution in [3.63, 3.8) is 0 Å². The maximum Gasteiger partial charge on any atom is 0.161 e. The minimum atomic E-state index is 0.116. The third-order valence-corrected chi connectivity index (χ3v) is 3.70. The van der Waals surface area contributed by atoms with Crippen LogP contribution in [0.25, 0.3) is 0 Å². The van der Waals surface area contributed by atoms with Gasteiger partial charge in [-0.15, -0.1) is 0 Å². The molecule has 0 saturated carbocycles. The SMILES string of the molecule is CNC(c1ccc2c(c1)OCCCO2)C(OC)C(C)C. The number of methoxy groups -OCH3 is 1. The van der Waals surface area contributed by atoms with Gasteiger partial charge in [-0.25, -0.2) is 0 Å². The highest BCUT2D eigenvalue weighted by Crippen LogP contribution is 2.34. The number of fused-ring (bicyclic) bond motifs is 1. The molecule has 0 saturated heterocycles. The summed E-state index contributed by atoms with van der Waals surface area (Å²) in [6.45, 7) is 5.76. The lowest BCUT2D eigenvalue weighted by Gasteiger charge is -2.29. The average molecular weight is 279 g/mol. The molecule has 4 nitrogen and oxygen atoms in total. The van der Waals surface area contributed by atoms with E-state index in [0.29, 0.717) is 19.1 Å². The summed E-state index contributed by atoms with van der Waals surface area (Å²) < 4.78 is 17.1. The smallest absolute Gasteiger partial charge is 0.161 e. The Labute approximate surface area is 121 Å². The Balaban J connectivity index is 2.28. The molecule has 2 unspecified atom stereocenters. The molecule has 1 aliphatic rings. The lowest BCUT2D eigenvalue weighted by Crippen LogP contribution is -2.34. The van der Waals surface area contributed by atoms with Gasteiger partial charge in [0.1, 0.15) is 0 Å². The van der Waals surface area contributed by atoms with Crippen LogP contribution in [-0.4, -0.2) is 33.5 Å². The Morgan fingerprint density at radius 1 is 1.15 bits per heavy atom. The number of hydrogen-bond donors (Lipinski definition) is 1. The highest BCUT2D eigenvalue weighted by molar-refractivity contribution is 5.44. The highest BCUT2D eigenvalue weighted by Gasteiger charge is 2.25. The van der Waals surface area contributed by atoms with Gasteiger partial charge in [0.25, 0.3) is 0 Å². The van der Waals surface area contributed by atoms with Crippen LogP contribution in [0.15, 0.2) is 18.2 Å². The molecule has 0 aliphatic carbocycles. The van der Waals surface area contributed by atoms with Crippen LogP contribution in [0.4, 0.5) is 0 Å².